The van der Waals surface area contributed by atoms with Gasteiger partial charge >= 0.3 is 0 Å². The highest BCUT2D eigenvalue weighted by atomic mass is 32.1. The smallest absolute Gasteiger partial charge is 0.0349 e. The third-order valence-corrected chi connectivity index (χ3v) is 3.50. The van der Waals surface area contributed by atoms with Crippen LogP contribution in [0.3, 0.4) is 0 Å². The maximum Gasteiger partial charge on any atom is 0.0349 e. The lowest BCUT2D eigenvalue weighted by Crippen LogP contribution is -1.66. The van der Waals surface area contributed by atoms with Crippen molar-refractivity contribution >= 4 is 27.0 Å². The van der Waals surface area contributed by atoms with Crippen LogP contribution in [0.1, 0.15) is 18.7 Å². The molecule has 1 aromatic heterocycles. The lowest BCUT2D eigenvalue weighted by molar-refractivity contribution is 1.64. The summed E-state index contributed by atoms with van der Waals surface area (Å²) >= 11 is 1.86. The summed E-state index contributed by atoms with van der Waals surface area (Å²) in [4.78, 5) is 1.38. The first kappa shape index (κ1) is 8.52. The minimum absolute atomic E-state index is 1.35. The van der Waals surface area contributed by atoms with Crippen LogP contribution in [0, 0.1) is 0 Å². The summed E-state index contributed by atoms with van der Waals surface area (Å²) < 4.78 is 1.37. The minimum Gasteiger partial charge on any atom is -0.136 e. The maximum absolute atomic E-state index is 2.26. The average molecular weight is 188 g/mol. The van der Waals surface area contributed by atoms with Crippen molar-refractivity contribution in [2.75, 3.05) is 0 Å². The van der Waals surface area contributed by atoms with Crippen LogP contribution in [0.5, 0.6) is 0 Å². The summed E-state index contributed by atoms with van der Waals surface area (Å²) in [5.41, 5.74) is 1.36. The zero-order valence-electron chi connectivity index (χ0n) is 7.87. The quantitative estimate of drug-likeness (QED) is 0.625. The van der Waals surface area contributed by atoms with E-state index < -0.39 is 0 Å². The summed E-state index contributed by atoms with van der Waals surface area (Å²) in [7, 11) is 0. The Hall–Kier alpha value is -1.08. The van der Waals surface area contributed by atoms with Crippen LogP contribution < -0.4 is 0 Å². The Labute approximate surface area is 82.5 Å². The second-order valence-corrected chi connectivity index (χ2v) is 4.20. The van der Waals surface area contributed by atoms with Crippen molar-refractivity contribution < 1.29 is 0 Å². The third kappa shape index (κ3) is 1.52. The van der Waals surface area contributed by atoms with Gasteiger partial charge in [0, 0.05) is 9.58 Å². The molecule has 0 aliphatic carbocycles. The van der Waals surface area contributed by atoms with E-state index in [1.165, 1.54) is 20.5 Å². The predicted octanol–water partition coefficient (Wildman–Crippen LogP) is 4.32. The molecule has 0 saturated heterocycles. The van der Waals surface area contributed by atoms with Gasteiger partial charge in [-0.2, -0.15) is 0 Å². The molecule has 0 N–H and O–H groups in total. The Morgan fingerprint density at radius 3 is 2.77 bits per heavy atom. The van der Waals surface area contributed by atoms with Crippen LogP contribution in [-0.4, -0.2) is 0 Å². The first-order valence-electron chi connectivity index (χ1n) is 4.43. The molecular weight excluding hydrogens is 176 g/mol. The van der Waals surface area contributed by atoms with Crippen LogP contribution >= 0.6 is 11.3 Å². The molecule has 0 saturated carbocycles. The average Bonchev–Trinajstić information content (AvgIpc) is 2.59. The van der Waals surface area contributed by atoms with Gasteiger partial charge in [0.2, 0.25) is 0 Å². The molecule has 1 aromatic carbocycles. The van der Waals surface area contributed by atoms with E-state index in [0.29, 0.717) is 0 Å². The lowest BCUT2D eigenvalue weighted by Gasteiger charge is -1.90. The summed E-state index contributed by atoms with van der Waals surface area (Å²) in [5.74, 6) is 0. The van der Waals surface area contributed by atoms with Gasteiger partial charge in [0.05, 0.1) is 0 Å². The molecular formula is C12H12S. The Morgan fingerprint density at radius 2 is 2.08 bits per heavy atom. The molecule has 0 aliphatic heterocycles. The molecule has 1 heteroatoms. The zero-order chi connectivity index (χ0) is 9.26. The molecule has 0 fully saturated rings. The highest BCUT2D eigenvalue weighted by Gasteiger charge is 2.00. The summed E-state index contributed by atoms with van der Waals surface area (Å²) in [5, 5.41) is 1.35. The van der Waals surface area contributed by atoms with Gasteiger partial charge in [-0.05, 0) is 36.9 Å². The largest absolute Gasteiger partial charge is 0.136 e. The van der Waals surface area contributed by atoms with Crippen molar-refractivity contribution in [1.82, 2.24) is 0 Å². The fourth-order valence-electron chi connectivity index (χ4n) is 1.32. The first-order chi connectivity index (χ1) is 6.31. The Balaban J connectivity index is 2.62. The summed E-state index contributed by atoms with van der Waals surface area (Å²) in [6.45, 7) is 4.24. The standard InChI is InChI=1S/C12H12S/c1-3-9(2)12-8-10-6-4-5-7-11(10)13-12/h3-8H,1-2H3/b9-3-. The number of rotatable bonds is 1. The Bertz CT molecular complexity index is 416. The van der Waals surface area contributed by atoms with E-state index in [1.807, 2.05) is 11.3 Å². The topological polar surface area (TPSA) is 0 Å². The minimum atomic E-state index is 1.35. The van der Waals surface area contributed by atoms with Crippen LogP contribution in [0.4, 0.5) is 0 Å². The molecule has 0 unspecified atom stereocenters. The number of thiophene rings is 1. The van der Waals surface area contributed by atoms with Gasteiger partial charge in [0.1, 0.15) is 0 Å². The molecule has 0 nitrogen and oxygen atoms in total. The third-order valence-electron chi connectivity index (χ3n) is 2.25. The number of benzene rings is 1. The van der Waals surface area contributed by atoms with Gasteiger partial charge in [0.15, 0.2) is 0 Å². The van der Waals surface area contributed by atoms with Crippen molar-refractivity contribution in [2.45, 2.75) is 13.8 Å². The first-order valence-corrected chi connectivity index (χ1v) is 5.25. The van der Waals surface area contributed by atoms with Crippen molar-refractivity contribution in [3.8, 4) is 0 Å². The molecule has 66 valence electrons. The van der Waals surface area contributed by atoms with Crippen molar-refractivity contribution in [3.05, 3.63) is 41.3 Å². The highest BCUT2D eigenvalue weighted by Crippen LogP contribution is 2.29. The number of fused-ring (bicyclic) bond motifs is 1. The SMILES string of the molecule is C/C=C(/C)c1cc2ccccc2s1. The molecule has 2 rings (SSSR count). The number of hydrogen-bond acceptors (Lipinski definition) is 1. The second-order valence-electron chi connectivity index (χ2n) is 3.12. The van der Waals surface area contributed by atoms with E-state index >= 15 is 0 Å². The van der Waals surface area contributed by atoms with Crippen LogP contribution in [0.2, 0.25) is 0 Å². The maximum atomic E-state index is 2.26. The summed E-state index contributed by atoms with van der Waals surface area (Å²) in [6.07, 6.45) is 2.16. The van der Waals surface area contributed by atoms with Crippen LogP contribution in [-0.2, 0) is 0 Å². The monoisotopic (exact) mass is 188 g/mol. The van der Waals surface area contributed by atoms with Crippen LogP contribution in [0.25, 0.3) is 15.7 Å². The number of allylic oxidation sites excluding steroid dienone is 2. The van der Waals surface area contributed by atoms with Gasteiger partial charge in [-0.25, -0.2) is 0 Å². The van der Waals surface area contributed by atoms with E-state index in [0.717, 1.165) is 0 Å². The summed E-state index contributed by atoms with van der Waals surface area (Å²) in [6, 6.07) is 10.8. The van der Waals surface area contributed by atoms with Gasteiger partial charge in [-0.3, -0.25) is 0 Å². The molecule has 0 amide bonds. The molecule has 0 spiro atoms. The molecule has 2 aromatic rings. The van der Waals surface area contributed by atoms with E-state index in [2.05, 4.69) is 50.3 Å². The van der Waals surface area contributed by atoms with Crippen molar-refractivity contribution in [2.24, 2.45) is 0 Å². The second kappa shape index (κ2) is 3.35. The van der Waals surface area contributed by atoms with Gasteiger partial charge < -0.3 is 0 Å². The van der Waals surface area contributed by atoms with E-state index in [1.54, 1.807) is 0 Å². The normalized spacial score (nSPS) is 12.3. The molecule has 1 heterocycles. The van der Waals surface area contributed by atoms with E-state index in [-0.39, 0.29) is 0 Å². The van der Waals surface area contributed by atoms with Crippen LogP contribution in [0.15, 0.2) is 36.4 Å². The van der Waals surface area contributed by atoms with Gasteiger partial charge in [0.25, 0.3) is 0 Å². The molecule has 0 bridgehead atoms. The molecule has 0 aliphatic rings. The fourth-order valence-corrected chi connectivity index (χ4v) is 2.41. The predicted molar refractivity (Wildman–Crippen MR) is 61.2 cm³/mol. The Morgan fingerprint density at radius 1 is 1.31 bits per heavy atom. The highest BCUT2D eigenvalue weighted by molar-refractivity contribution is 7.20. The molecule has 13 heavy (non-hydrogen) atoms. The van der Waals surface area contributed by atoms with Crippen molar-refractivity contribution in [3.63, 3.8) is 0 Å². The number of hydrogen-bond donors (Lipinski definition) is 0. The van der Waals surface area contributed by atoms with Gasteiger partial charge in [-0.15, -0.1) is 11.3 Å². The van der Waals surface area contributed by atoms with E-state index in [9.17, 15) is 0 Å². The Kier molecular flexibility index (Phi) is 2.19. The van der Waals surface area contributed by atoms with Crippen molar-refractivity contribution in [1.29, 1.82) is 0 Å². The van der Waals surface area contributed by atoms with E-state index in [4.69, 9.17) is 0 Å². The molecule has 0 radical (unpaired) electrons. The zero-order valence-corrected chi connectivity index (χ0v) is 8.69. The molecule has 0 atom stereocenters. The lowest BCUT2D eigenvalue weighted by atomic mass is 10.2. The van der Waals surface area contributed by atoms with Gasteiger partial charge in [-0.1, -0.05) is 24.3 Å². The fraction of sp³-hybridized carbons (Fsp3) is 0.167.